The van der Waals surface area contributed by atoms with Gasteiger partial charge in [0.2, 0.25) is 0 Å². The number of nitrogens with zero attached hydrogens (tertiary/aromatic N) is 6. The molecule has 0 amide bonds. The molecule has 0 saturated carbocycles. The van der Waals surface area contributed by atoms with Crippen molar-refractivity contribution in [3.8, 4) is 0 Å². The summed E-state index contributed by atoms with van der Waals surface area (Å²) in [6, 6.07) is 15.3. The number of allylic oxidation sites excluding steroid dienone is 2. The number of aliphatic carboxylic acids is 3. The summed E-state index contributed by atoms with van der Waals surface area (Å²) in [5.74, 6) is 0.788. The number of anilines is 2. The van der Waals surface area contributed by atoms with E-state index in [0.29, 0.717) is 39.9 Å². The van der Waals surface area contributed by atoms with Crippen molar-refractivity contribution in [3.05, 3.63) is 93.7 Å². The summed E-state index contributed by atoms with van der Waals surface area (Å²) in [5, 5.41) is 39.5. The third kappa shape index (κ3) is 10.5. The summed E-state index contributed by atoms with van der Waals surface area (Å²) in [7, 11) is 0. The largest absolute Gasteiger partial charge is 3.00 e. The molecule has 1 radical (unpaired) electrons. The topological polar surface area (TPSA) is 233 Å². The summed E-state index contributed by atoms with van der Waals surface area (Å²) in [5.41, 5.74) is 1.67. The van der Waals surface area contributed by atoms with Gasteiger partial charge in [0, 0.05) is 33.7 Å². The number of carboxylic acids is 3. The van der Waals surface area contributed by atoms with Crippen molar-refractivity contribution in [2.75, 3.05) is 10.6 Å². The van der Waals surface area contributed by atoms with Crippen LogP contribution in [0.2, 0.25) is 0 Å². The van der Waals surface area contributed by atoms with E-state index in [2.05, 4.69) is 45.9 Å². The molecule has 0 spiro atoms. The Hall–Kier alpha value is -5.19. The molecule has 7 rings (SSSR count). The molecule has 0 aliphatic carbocycles. The van der Waals surface area contributed by atoms with Crippen molar-refractivity contribution < 1.29 is 69.6 Å². The van der Waals surface area contributed by atoms with Gasteiger partial charge in [-0.2, -0.15) is 0 Å². The van der Waals surface area contributed by atoms with E-state index in [0.717, 1.165) is 48.2 Å². The number of nitrogens with one attached hydrogen (secondary N) is 3. The fourth-order valence-electron chi connectivity index (χ4n) is 3.83. The first-order chi connectivity index (χ1) is 21.4. The summed E-state index contributed by atoms with van der Waals surface area (Å²) < 4.78 is 0. The van der Waals surface area contributed by atoms with Crippen LogP contribution in [-0.2, 0) is 14.4 Å². The molecule has 0 atom stereocenters. The first-order valence-electron chi connectivity index (χ1n) is 13.1. The van der Waals surface area contributed by atoms with E-state index in [4.69, 9.17) is 29.7 Å². The van der Waals surface area contributed by atoms with Crippen molar-refractivity contribution in [2.45, 2.75) is 20.8 Å². The van der Waals surface area contributed by atoms with E-state index in [1.54, 1.807) is 0 Å². The number of hydrogen-bond acceptors (Lipinski definition) is 15. The summed E-state index contributed by atoms with van der Waals surface area (Å²) >= 11 is 0. The molecule has 16 heteroatoms. The van der Waals surface area contributed by atoms with Crippen LogP contribution >= 0.6 is 0 Å². The Kier molecular flexibility index (Phi) is 12.4. The number of carbonyl (C=O) groups is 3. The number of carbonyl (C=O) groups excluding carboxylic acids is 3. The van der Waals surface area contributed by atoms with Crippen molar-refractivity contribution >= 4 is 64.4 Å². The molecule has 0 aromatic carbocycles. The minimum Gasteiger partial charge on any atom is -0.550 e. The Morgan fingerprint density at radius 3 is 1.33 bits per heavy atom. The molecule has 0 unspecified atom stereocenters. The molecule has 0 saturated heterocycles. The Morgan fingerprint density at radius 2 is 0.935 bits per heavy atom. The normalized spacial score (nSPS) is 12.3. The van der Waals surface area contributed by atoms with E-state index < -0.39 is 17.9 Å². The molecule has 7 heterocycles. The number of aromatic nitrogens is 4. The quantitative estimate of drug-likeness (QED) is 0.166. The first-order valence-corrected chi connectivity index (χ1v) is 13.1. The Bertz CT molecular complexity index is 1970. The molecular weight excluding hydrogens is 740 g/mol. The summed E-state index contributed by atoms with van der Waals surface area (Å²) in [6.07, 6.45) is 7.92. The summed E-state index contributed by atoms with van der Waals surface area (Å²) in [6.45, 7) is 2.92. The predicted molar refractivity (Wildman–Crippen MR) is 156 cm³/mol. The van der Waals surface area contributed by atoms with Crippen molar-refractivity contribution in [3.63, 3.8) is 0 Å². The maximum atomic E-state index is 8.89. The maximum Gasteiger partial charge on any atom is 3.00 e. The van der Waals surface area contributed by atoms with Gasteiger partial charge in [-0.1, -0.05) is 0 Å². The van der Waals surface area contributed by atoms with Gasteiger partial charge in [-0.05, 0) is 93.6 Å². The van der Waals surface area contributed by atoms with E-state index in [1.807, 2.05) is 72.8 Å². The van der Waals surface area contributed by atoms with E-state index >= 15 is 0 Å². The molecule has 0 fully saturated rings. The van der Waals surface area contributed by atoms with Gasteiger partial charge in [0.15, 0.2) is 28.3 Å². The van der Waals surface area contributed by atoms with Crippen LogP contribution < -0.4 is 52.7 Å². The van der Waals surface area contributed by atoms with E-state index in [1.165, 1.54) is 0 Å². The molecule has 4 aromatic heterocycles. The van der Waals surface area contributed by atoms with Crippen LogP contribution in [0.3, 0.4) is 0 Å². The van der Waals surface area contributed by atoms with Gasteiger partial charge in [0.25, 0.3) is 0 Å². The number of pyridine rings is 4. The van der Waals surface area contributed by atoms with Gasteiger partial charge in [0.1, 0.15) is 23.3 Å². The average Bonchev–Trinajstić information content (AvgIpc) is 2.95. The van der Waals surface area contributed by atoms with E-state index in [9.17, 15) is 0 Å². The molecule has 233 valence electrons. The fourth-order valence-corrected chi connectivity index (χ4v) is 3.83. The molecule has 46 heavy (non-hydrogen) atoms. The minimum absolute atomic E-state index is 0. The molecular formula is C30H24GdN9O6. The van der Waals surface area contributed by atoms with Crippen LogP contribution in [0.4, 0.5) is 23.3 Å². The third-order valence-electron chi connectivity index (χ3n) is 5.44. The Balaban J connectivity index is 0.000000386. The minimum atomic E-state index is -1.08. The fraction of sp³-hybridized carbons (Fsp3) is 0.100. The van der Waals surface area contributed by atoms with Gasteiger partial charge >= 0.3 is 39.9 Å². The smallest absolute Gasteiger partial charge is 0.550 e. The van der Waals surface area contributed by atoms with Gasteiger partial charge in [-0.15, -0.1) is 0 Å². The molecule has 9 bridgehead atoms. The van der Waals surface area contributed by atoms with Gasteiger partial charge in [-0.25, -0.2) is 29.9 Å². The monoisotopic (exact) mass is 764 g/mol. The second kappa shape index (κ2) is 16.2. The molecule has 4 aromatic rings. The zero-order valence-corrected chi connectivity index (χ0v) is 26.7. The molecule has 3 aliphatic rings. The van der Waals surface area contributed by atoms with Crippen LogP contribution in [0.15, 0.2) is 82.3 Å². The zero-order chi connectivity index (χ0) is 32.5. The second-order valence-electron chi connectivity index (χ2n) is 9.17. The van der Waals surface area contributed by atoms with E-state index in [-0.39, 0.29) is 39.9 Å². The number of carboxylic acid groups (broad SMARTS) is 3. The Labute approximate surface area is 292 Å². The van der Waals surface area contributed by atoms with Crippen molar-refractivity contribution in [1.82, 2.24) is 25.3 Å². The molecule has 15 nitrogen and oxygen atoms in total. The second-order valence-corrected chi connectivity index (χ2v) is 9.17. The average molecular weight is 764 g/mol. The molecule has 3 aliphatic heterocycles. The van der Waals surface area contributed by atoms with Crippen LogP contribution in [0, 0.1) is 39.9 Å². The molecule has 3 N–H and O–H groups in total. The predicted octanol–water partition coefficient (Wildman–Crippen LogP) is -2.71. The van der Waals surface area contributed by atoms with Crippen molar-refractivity contribution in [1.29, 1.82) is 0 Å². The number of hydrogen-bond donors (Lipinski definition) is 3. The van der Waals surface area contributed by atoms with Crippen LogP contribution in [0.25, 0.3) is 23.2 Å². The van der Waals surface area contributed by atoms with Gasteiger partial charge in [0.05, 0.1) is 0 Å². The van der Waals surface area contributed by atoms with Crippen molar-refractivity contribution in [2.24, 2.45) is 9.98 Å². The number of fused-ring (bicyclic) bond motifs is 6. The van der Waals surface area contributed by atoms with Crippen LogP contribution in [0.5, 0.6) is 0 Å². The maximum absolute atomic E-state index is 8.89. The summed E-state index contributed by atoms with van der Waals surface area (Å²) in [4.78, 5) is 54.4. The van der Waals surface area contributed by atoms with Gasteiger partial charge < -0.3 is 45.7 Å². The third-order valence-corrected chi connectivity index (χ3v) is 5.44. The van der Waals surface area contributed by atoms with Crippen LogP contribution in [-0.4, -0.2) is 37.8 Å². The van der Waals surface area contributed by atoms with Crippen LogP contribution in [0.1, 0.15) is 20.8 Å². The zero-order valence-electron chi connectivity index (χ0n) is 24.4. The first kappa shape index (κ1) is 35.3. The standard InChI is InChI=1S/C24H15N9.3C2H4O2.Gd/c1-7-16-25-18-9-3-14-5-11-20(32-23(14)30-18)27-21-12-6-15-4-10-19(31-24(15)33-21)26-17-8-2-13(1)22(28-16)29-17;3*1-2(3)4;/h1-12H,(H3,25,26,27,28,29,30,31,32,33);3*1H3,(H,3,4);/q;;;;+3/p-3. The number of rotatable bonds is 0. The SMILES string of the molecule is C1=C2NC3=CC=c4ccc(nc4N3)=Nc3ccc4ccc(nc4n3)N=c3ccc(c(n3)N2)=C1.CC(=O)[O-].CC(=O)[O-].CC(=O)[O-].[Gd+3]. The van der Waals surface area contributed by atoms with Gasteiger partial charge in [-0.3, -0.25) is 0 Å². The Morgan fingerprint density at radius 1 is 0.543 bits per heavy atom.